The number of nitrogens with one attached hydrogen (secondary N) is 1. The van der Waals surface area contributed by atoms with Crippen LogP contribution in [-0.4, -0.2) is 22.0 Å². The van der Waals surface area contributed by atoms with Crippen LogP contribution >= 0.6 is 11.5 Å². The SMILES string of the molecule is O=C(O)CNc1snc2ccccc12. The smallest absolute Gasteiger partial charge is 0.322 e. The second-order valence-electron chi connectivity index (χ2n) is 2.78. The Labute approximate surface area is 84.3 Å². The third kappa shape index (κ3) is 1.67. The summed E-state index contributed by atoms with van der Waals surface area (Å²) in [7, 11) is 0. The van der Waals surface area contributed by atoms with Crippen LogP contribution in [0.2, 0.25) is 0 Å². The van der Waals surface area contributed by atoms with Gasteiger partial charge in [-0.1, -0.05) is 12.1 Å². The number of hydrogen-bond acceptors (Lipinski definition) is 4. The van der Waals surface area contributed by atoms with E-state index in [9.17, 15) is 4.79 Å². The Bertz CT molecular complexity index is 467. The van der Waals surface area contributed by atoms with Crippen LogP contribution in [0.1, 0.15) is 0 Å². The predicted octanol–water partition coefficient (Wildman–Crippen LogP) is 1.79. The minimum absolute atomic E-state index is 0.0772. The van der Waals surface area contributed by atoms with Crippen LogP contribution in [0.15, 0.2) is 24.3 Å². The molecular formula is C9H8N2O2S. The topological polar surface area (TPSA) is 62.2 Å². The van der Waals surface area contributed by atoms with E-state index in [0.717, 1.165) is 15.9 Å². The number of aliphatic carboxylic acids is 1. The van der Waals surface area contributed by atoms with Gasteiger partial charge in [-0.05, 0) is 23.7 Å². The van der Waals surface area contributed by atoms with Crippen LogP contribution in [0, 0.1) is 0 Å². The molecule has 0 amide bonds. The van der Waals surface area contributed by atoms with Crippen molar-refractivity contribution in [2.45, 2.75) is 0 Å². The first-order valence-electron chi connectivity index (χ1n) is 4.07. The molecule has 0 spiro atoms. The summed E-state index contributed by atoms with van der Waals surface area (Å²) in [5.41, 5.74) is 0.894. The molecule has 0 saturated carbocycles. The minimum Gasteiger partial charge on any atom is -0.480 e. The van der Waals surface area contributed by atoms with Gasteiger partial charge in [0.2, 0.25) is 0 Å². The van der Waals surface area contributed by atoms with E-state index in [1.54, 1.807) is 0 Å². The molecule has 0 aliphatic rings. The minimum atomic E-state index is -0.873. The van der Waals surface area contributed by atoms with E-state index in [1.807, 2.05) is 24.3 Å². The number of aromatic nitrogens is 1. The third-order valence-corrected chi connectivity index (χ3v) is 2.62. The molecule has 0 unspecified atom stereocenters. The molecule has 2 aromatic rings. The number of benzene rings is 1. The zero-order valence-electron chi connectivity index (χ0n) is 7.23. The Morgan fingerprint density at radius 1 is 1.50 bits per heavy atom. The molecule has 0 saturated heterocycles. The maximum absolute atomic E-state index is 10.4. The van der Waals surface area contributed by atoms with Crippen molar-refractivity contribution in [3.63, 3.8) is 0 Å². The number of nitrogens with zero attached hydrogens (tertiary/aromatic N) is 1. The molecule has 1 aromatic carbocycles. The van der Waals surface area contributed by atoms with E-state index in [0.29, 0.717) is 0 Å². The van der Waals surface area contributed by atoms with Crippen molar-refractivity contribution in [2.24, 2.45) is 0 Å². The van der Waals surface area contributed by atoms with E-state index in [-0.39, 0.29) is 6.54 Å². The summed E-state index contributed by atoms with van der Waals surface area (Å²) in [6.45, 7) is -0.0772. The zero-order valence-corrected chi connectivity index (χ0v) is 8.04. The number of anilines is 1. The summed E-state index contributed by atoms with van der Waals surface area (Å²) in [6, 6.07) is 7.63. The molecule has 0 bridgehead atoms. The van der Waals surface area contributed by atoms with Gasteiger partial charge in [0.1, 0.15) is 11.5 Å². The van der Waals surface area contributed by atoms with Crippen molar-refractivity contribution < 1.29 is 9.90 Å². The second-order valence-corrected chi connectivity index (χ2v) is 3.55. The van der Waals surface area contributed by atoms with Crippen molar-refractivity contribution >= 4 is 33.4 Å². The Morgan fingerprint density at radius 3 is 3.07 bits per heavy atom. The summed E-state index contributed by atoms with van der Waals surface area (Å²) in [4.78, 5) is 10.4. The fraction of sp³-hybridized carbons (Fsp3) is 0.111. The maximum atomic E-state index is 10.4. The molecule has 0 atom stereocenters. The highest BCUT2D eigenvalue weighted by Gasteiger charge is 2.05. The number of rotatable bonds is 3. The molecule has 72 valence electrons. The van der Waals surface area contributed by atoms with Crippen LogP contribution < -0.4 is 5.32 Å². The van der Waals surface area contributed by atoms with E-state index >= 15 is 0 Å². The van der Waals surface area contributed by atoms with Gasteiger partial charge in [0.05, 0.1) is 5.52 Å². The standard InChI is InChI=1S/C9H8N2O2S/c12-8(13)5-10-9-6-3-1-2-4-7(6)11-14-9/h1-4,10H,5H2,(H,12,13). The van der Waals surface area contributed by atoms with Gasteiger partial charge in [-0.25, -0.2) is 0 Å². The van der Waals surface area contributed by atoms with Crippen molar-refractivity contribution in [2.75, 3.05) is 11.9 Å². The fourth-order valence-corrected chi connectivity index (χ4v) is 1.93. The van der Waals surface area contributed by atoms with Gasteiger partial charge in [0.25, 0.3) is 0 Å². The molecule has 1 aromatic heterocycles. The van der Waals surface area contributed by atoms with E-state index in [1.165, 1.54) is 11.5 Å². The highest BCUT2D eigenvalue weighted by molar-refractivity contribution is 7.11. The van der Waals surface area contributed by atoms with Crippen molar-refractivity contribution in [1.82, 2.24) is 4.37 Å². The van der Waals surface area contributed by atoms with Crippen molar-refractivity contribution in [3.05, 3.63) is 24.3 Å². The first-order valence-corrected chi connectivity index (χ1v) is 4.85. The molecule has 0 aliphatic heterocycles. The Balaban J connectivity index is 2.29. The maximum Gasteiger partial charge on any atom is 0.322 e. The predicted molar refractivity (Wildman–Crippen MR) is 55.7 cm³/mol. The molecule has 0 radical (unpaired) electrons. The van der Waals surface area contributed by atoms with Gasteiger partial charge in [-0.15, -0.1) is 0 Å². The molecular weight excluding hydrogens is 200 g/mol. The Hall–Kier alpha value is -1.62. The molecule has 2 rings (SSSR count). The van der Waals surface area contributed by atoms with Crippen molar-refractivity contribution in [3.8, 4) is 0 Å². The normalized spacial score (nSPS) is 10.3. The average Bonchev–Trinajstić information content (AvgIpc) is 2.58. The lowest BCUT2D eigenvalue weighted by Crippen LogP contribution is -2.11. The van der Waals surface area contributed by atoms with Crippen LogP contribution in [0.25, 0.3) is 10.9 Å². The molecule has 0 aliphatic carbocycles. The third-order valence-electron chi connectivity index (χ3n) is 1.78. The van der Waals surface area contributed by atoms with Crippen LogP contribution in [0.4, 0.5) is 5.00 Å². The summed E-state index contributed by atoms with van der Waals surface area (Å²) in [6.07, 6.45) is 0. The number of carbonyl (C=O) groups is 1. The lowest BCUT2D eigenvalue weighted by atomic mass is 10.2. The number of hydrogen-bond donors (Lipinski definition) is 2. The highest BCUT2D eigenvalue weighted by atomic mass is 32.1. The van der Waals surface area contributed by atoms with Gasteiger partial charge in [0, 0.05) is 5.39 Å². The summed E-state index contributed by atoms with van der Waals surface area (Å²) in [5.74, 6) is -0.873. The quantitative estimate of drug-likeness (QED) is 0.807. The highest BCUT2D eigenvalue weighted by Crippen LogP contribution is 2.26. The molecule has 0 fully saturated rings. The van der Waals surface area contributed by atoms with Crippen molar-refractivity contribution in [1.29, 1.82) is 0 Å². The Morgan fingerprint density at radius 2 is 2.29 bits per heavy atom. The van der Waals surface area contributed by atoms with Gasteiger partial charge < -0.3 is 10.4 Å². The average molecular weight is 208 g/mol. The van der Waals surface area contributed by atoms with Gasteiger partial charge in [0.15, 0.2) is 0 Å². The molecule has 14 heavy (non-hydrogen) atoms. The first kappa shape index (κ1) is 8.96. The Kier molecular flexibility index (Phi) is 2.32. The zero-order chi connectivity index (χ0) is 9.97. The van der Waals surface area contributed by atoms with E-state index < -0.39 is 5.97 Å². The number of carboxylic acid groups (broad SMARTS) is 1. The van der Waals surface area contributed by atoms with Crippen LogP contribution in [-0.2, 0) is 4.79 Å². The van der Waals surface area contributed by atoms with Gasteiger partial charge in [-0.2, -0.15) is 4.37 Å². The first-order chi connectivity index (χ1) is 6.77. The van der Waals surface area contributed by atoms with E-state index in [4.69, 9.17) is 5.11 Å². The second kappa shape index (κ2) is 3.63. The monoisotopic (exact) mass is 208 g/mol. The number of carboxylic acids is 1. The van der Waals surface area contributed by atoms with Gasteiger partial charge in [-0.3, -0.25) is 4.79 Å². The summed E-state index contributed by atoms with van der Waals surface area (Å²) >= 11 is 1.28. The largest absolute Gasteiger partial charge is 0.480 e. The lowest BCUT2D eigenvalue weighted by Gasteiger charge is -1.98. The molecule has 5 heteroatoms. The lowest BCUT2D eigenvalue weighted by molar-refractivity contribution is -0.134. The fourth-order valence-electron chi connectivity index (χ4n) is 1.17. The van der Waals surface area contributed by atoms with Crippen LogP contribution in [0.3, 0.4) is 0 Å². The van der Waals surface area contributed by atoms with Gasteiger partial charge >= 0.3 is 5.97 Å². The molecule has 4 nitrogen and oxygen atoms in total. The van der Waals surface area contributed by atoms with Crippen LogP contribution in [0.5, 0.6) is 0 Å². The molecule has 1 heterocycles. The number of fused-ring (bicyclic) bond motifs is 1. The van der Waals surface area contributed by atoms with E-state index in [2.05, 4.69) is 9.69 Å². The summed E-state index contributed by atoms with van der Waals surface area (Å²) < 4.78 is 4.18. The molecule has 2 N–H and O–H groups in total. The summed E-state index contributed by atoms with van der Waals surface area (Å²) in [5, 5.41) is 13.1.